The van der Waals surface area contributed by atoms with E-state index >= 15 is 0 Å². The fourth-order valence-corrected chi connectivity index (χ4v) is 2.72. The number of ether oxygens (including phenoxy) is 1. The molecule has 21 heavy (non-hydrogen) atoms. The maximum Gasteiger partial charge on any atom is 0.324 e. The van der Waals surface area contributed by atoms with Crippen LogP contribution in [0.15, 0.2) is 42.6 Å². The summed E-state index contributed by atoms with van der Waals surface area (Å²) in [6.45, 7) is 0. The van der Waals surface area contributed by atoms with Crippen LogP contribution in [0.2, 0.25) is 0 Å². The van der Waals surface area contributed by atoms with Gasteiger partial charge in [0.05, 0.1) is 6.20 Å². The third-order valence-corrected chi connectivity index (χ3v) is 3.89. The Balaban J connectivity index is 2.06. The highest BCUT2D eigenvalue weighted by atomic mass is 127. The molecule has 0 aliphatic carbocycles. The highest BCUT2D eigenvalue weighted by Crippen LogP contribution is 2.32. The number of halogens is 2. The van der Waals surface area contributed by atoms with Crippen molar-refractivity contribution in [2.24, 2.45) is 0 Å². The van der Waals surface area contributed by atoms with Crippen LogP contribution >= 0.6 is 22.6 Å². The Morgan fingerprint density at radius 2 is 1.90 bits per heavy atom. The molecule has 0 saturated heterocycles. The Morgan fingerprint density at radius 1 is 1.14 bits per heavy atom. The van der Waals surface area contributed by atoms with Gasteiger partial charge in [0.25, 0.3) is 0 Å². The molecular weight excluding hydrogens is 384 g/mol. The summed E-state index contributed by atoms with van der Waals surface area (Å²) in [6, 6.07) is 11.8. The summed E-state index contributed by atoms with van der Waals surface area (Å²) >= 11 is 2.32. The maximum absolute atomic E-state index is 13.1. The first-order valence-electron chi connectivity index (χ1n) is 6.21. The largest absolute Gasteiger partial charge is 0.424 e. The molecule has 1 heterocycles. The van der Waals surface area contributed by atoms with Gasteiger partial charge in [0, 0.05) is 9.81 Å². The standard InChI is InChI=1S/C15H11FIN3O/c16-12-8-19-15(20-14(12)18)21-13-6-5-9(7-17)10-3-1-2-4-11(10)13/h1-6,8H,7H2,(H2,18,19,20). The van der Waals surface area contributed by atoms with E-state index in [-0.39, 0.29) is 11.8 Å². The van der Waals surface area contributed by atoms with Crippen molar-refractivity contribution in [3.05, 3.63) is 54.0 Å². The lowest BCUT2D eigenvalue weighted by atomic mass is 10.1. The molecular formula is C15H11FIN3O. The van der Waals surface area contributed by atoms with Gasteiger partial charge in [0.2, 0.25) is 0 Å². The fourth-order valence-electron chi connectivity index (χ4n) is 2.05. The minimum absolute atomic E-state index is 0.0290. The van der Waals surface area contributed by atoms with E-state index in [9.17, 15) is 4.39 Å². The molecule has 1 aromatic heterocycles. The van der Waals surface area contributed by atoms with Crippen molar-refractivity contribution < 1.29 is 9.13 Å². The average molecular weight is 395 g/mol. The fraction of sp³-hybridized carbons (Fsp3) is 0.0667. The maximum atomic E-state index is 13.1. The van der Waals surface area contributed by atoms with Crippen molar-refractivity contribution in [2.75, 3.05) is 5.73 Å². The van der Waals surface area contributed by atoms with E-state index in [0.29, 0.717) is 5.75 Å². The van der Waals surface area contributed by atoms with Crippen LogP contribution in [0.1, 0.15) is 5.56 Å². The zero-order valence-electron chi connectivity index (χ0n) is 10.9. The zero-order valence-corrected chi connectivity index (χ0v) is 13.0. The quantitative estimate of drug-likeness (QED) is 0.537. The van der Waals surface area contributed by atoms with E-state index in [1.165, 1.54) is 5.56 Å². The molecule has 106 valence electrons. The third kappa shape index (κ3) is 2.76. The van der Waals surface area contributed by atoms with Crippen LogP contribution in [0.4, 0.5) is 10.2 Å². The van der Waals surface area contributed by atoms with Gasteiger partial charge in [-0.15, -0.1) is 0 Å². The normalized spacial score (nSPS) is 10.8. The van der Waals surface area contributed by atoms with Gasteiger partial charge in [-0.1, -0.05) is 52.9 Å². The summed E-state index contributed by atoms with van der Waals surface area (Å²) < 4.78 is 19.6. The molecule has 0 spiro atoms. The van der Waals surface area contributed by atoms with Crippen molar-refractivity contribution in [3.8, 4) is 11.8 Å². The number of benzene rings is 2. The molecule has 0 bridgehead atoms. The minimum atomic E-state index is -0.660. The molecule has 6 heteroatoms. The average Bonchev–Trinajstić information content (AvgIpc) is 2.51. The molecule has 0 saturated carbocycles. The second-order valence-corrected chi connectivity index (χ2v) is 5.15. The van der Waals surface area contributed by atoms with Crippen LogP contribution in [-0.2, 0) is 4.43 Å². The van der Waals surface area contributed by atoms with Gasteiger partial charge in [0.1, 0.15) is 5.75 Å². The van der Waals surface area contributed by atoms with Crippen LogP contribution < -0.4 is 10.5 Å². The molecule has 3 rings (SSSR count). The van der Waals surface area contributed by atoms with Gasteiger partial charge < -0.3 is 10.5 Å². The van der Waals surface area contributed by atoms with Gasteiger partial charge in [-0.2, -0.15) is 4.98 Å². The molecule has 0 aliphatic rings. The molecule has 0 amide bonds. The highest BCUT2D eigenvalue weighted by Gasteiger charge is 2.10. The van der Waals surface area contributed by atoms with Crippen LogP contribution in [0.3, 0.4) is 0 Å². The number of anilines is 1. The molecule has 0 aliphatic heterocycles. The van der Waals surface area contributed by atoms with Gasteiger partial charge in [-0.3, -0.25) is 0 Å². The van der Waals surface area contributed by atoms with Gasteiger partial charge in [0.15, 0.2) is 11.6 Å². The van der Waals surface area contributed by atoms with E-state index in [4.69, 9.17) is 10.5 Å². The van der Waals surface area contributed by atoms with Crippen molar-refractivity contribution in [1.82, 2.24) is 9.97 Å². The van der Waals surface area contributed by atoms with Crippen molar-refractivity contribution in [1.29, 1.82) is 0 Å². The SMILES string of the molecule is Nc1nc(Oc2ccc(CI)c3ccccc23)ncc1F. The van der Waals surface area contributed by atoms with E-state index in [2.05, 4.69) is 32.6 Å². The van der Waals surface area contributed by atoms with Crippen LogP contribution in [-0.4, -0.2) is 9.97 Å². The van der Waals surface area contributed by atoms with E-state index in [1.807, 2.05) is 36.4 Å². The summed E-state index contributed by atoms with van der Waals surface area (Å²) in [7, 11) is 0. The Labute approximate surface area is 134 Å². The van der Waals surface area contributed by atoms with Crippen LogP contribution in [0.5, 0.6) is 11.8 Å². The van der Waals surface area contributed by atoms with E-state index in [1.54, 1.807) is 0 Å². The van der Waals surface area contributed by atoms with Crippen molar-refractivity contribution in [3.63, 3.8) is 0 Å². The van der Waals surface area contributed by atoms with Gasteiger partial charge in [-0.05, 0) is 17.0 Å². The second-order valence-electron chi connectivity index (χ2n) is 4.39. The number of fused-ring (bicyclic) bond motifs is 1. The number of rotatable bonds is 3. The molecule has 3 aromatic rings. The molecule has 0 unspecified atom stereocenters. The summed E-state index contributed by atoms with van der Waals surface area (Å²) in [4.78, 5) is 7.58. The number of nitrogens with two attached hydrogens (primary N) is 1. The first-order valence-corrected chi connectivity index (χ1v) is 7.74. The molecule has 0 radical (unpaired) electrons. The number of hydrogen-bond acceptors (Lipinski definition) is 4. The molecule has 2 N–H and O–H groups in total. The Bertz CT molecular complexity index is 810. The number of aromatic nitrogens is 2. The second kappa shape index (κ2) is 5.80. The lowest BCUT2D eigenvalue weighted by Crippen LogP contribution is -2.00. The Kier molecular flexibility index (Phi) is 3.87. The van der Waals surface area contributed by atoms with Gasteiger partial charge in [-0.25, -0.2) is 9.37 Å². The number of hydrogen-bond donors (Lipinski definition) is 1. The third-order valence-electron chi connectivity index (χ3n) is 3.07. The van der Waals surface area contributed by atoms with E-state index in [0.717, 1.165) is 21.4 Å². The lowest BCUT2D eigenvalue weighted by molar-refractivity contribution is 0.442. The highest BCUT2D eigenvalue weighted by molar-refractivity contribution is 14.1. The molecule has 0 fully saturated rings. The van der Waals surface area contributed by atoms with Crippen molar-refractivity contribution >= 4 is 39.2 Å². The Hall–Kier alpha value is -1.96. The van der Waals surface area contributed by atoms with E-state index < -0.39 is 5.82 Å². The first kappa shape index (κ1) is 14.0. The predicted octanol–water partition coefficient (Wildman–Crippen LogP) is 4.08. The van der Waals surface area contributed by atoms with Crippen LogP contribution in [0.25, 0.3) is 10.8 Å². The summed E-state index contributed by atoms with van der Waals surface area (Å²) in [5.41, 5.74) is 6.65. The van der Waals surface area contributed by atoms with Crippen molar-refractivity contribution in [2.45, 2.75) is 4.43 Å². The van der Waals surface area contributed by atoms with Crippen LogP contribution in [0, 0.1) is 5.82 Å². The number of nitrogens with zero attached hydrogens (tertiary/aromatic N) is 2. The Morgan fingerprint density at radius 3 is 2.62 bits per heavy atom. The predicted molar refractivity (Wildman–Crippen MR) is 88.1 cm³/mol. The molecule has 0 atom stereocenters. The monoisotopic (exact) mass is 395 g/mol. The molecule has 2 aromatic carbocycles. The zero-order chi connectivity index (χ0) is 14.8. The lowest BCUT2D eigenvalue weighted by Gasteiger charge is -2.10. The minimum Gasteiger partial charge on any atom is -0.424 e. The first-order chi connectivity index (χ1) is 10.2. The summed E-state index contributed by atoms with van der Waals surface area (Å²) in [6.07, 6.45) is 0.999. The topological polar surface area (TPSA) is 61.0 Å². The summed E-state index contributed by atoms with van der Waals surface area (Å²) in [5, 5.41) is 2.07. The number of alkyl halides is 1. The summed E-state index contributed by atoms with van der Waals surface area (Å²) in [5.74, 6) is -0.272. The number of nitrogen functional groups attached to an aromatic ring is 1. The smallest absolute Gasteiger partial charge is 0.324 e. The van der Waals surface area contributed by atoms with Gasteiger partial charge >= 0.3 is 6.01 Å². The molecule has 4 nitrogen and oxygen atoms in total.